The molecule has 0 saturated carbocycles. The third-order valence-electron chi connectivity index (χ3n) is 3.65. The third-order valence-corrected chi connectivity index (χ3v) is 3.65. The second-order valence-corrected chi connectivity index (χ2v) is 4.75. The molecule has 2 N–H and O–H groups in total. The first-order valence-electron chi connectivity index (χ1n) is 6.29. The van der Waals surface area contributed by atoms with Crippen LogP contribution in [0, 0.1) is 0 Å². The topological polar surface area (TPSA) is 38.9 Å². The number of nitrogen functional groups attached to an aromatic ring is 1. The third kappa shape index (κ3) is 1.40. The van der Waals surface area contributed by atoms with E-state index >= 15 is 0 Å². The SMILES string of the molecule is Nc1cc2c3ccccc3ncc2c2ccccc12. The van der Waals surface area contributed by atoms with E-state index in [9.17, 15) is 0 Å². The Morgan fingerprint density at radius 2 is 1.37 bits per heavy atom. The summed E-state index contributed by atoms with van der Waals surface area (Å²) in [5.41, 5.74) is 8.02. The van der Waals surface area contributed by atoms with Crippen LogP contribution in [0.4, 0.5) is 5.69 Å². The number of hydrogen-bond donors (Lipinski definition) is 1. The normalized spacial score (nSPS) is 11.4. The highest BCUT2D eigenvalue weighted by molar-refractivity contribution is 6.19. The lowest BCUT2D eigenvalue weighted by Gasteiger charge is -2.09. The fourth-order valence-electron chi connectivity index (χ4n) is 2.74. The van der Waals surface area contributed by atoms with E-state index in [1.807, 2.05) is 36.5 Å². The lowest BCUT2D eigenvalue weighted by atomic mass is 9.99. The number of hydrogen-bond acceptors (Lipinski definition) is 2. The molecule has 19 heavy (non-hydrogen) atoms. The van der Waals surface area contributed by atoms with Gasteiger partial charge < -0.3 is 5.73 Å². The molecule has 0 aliphatic heterocycles. The molecule has 0 spiro atoms. The fraction of sp³-hybridized carbons (Fsp3) is 0. The highest BCUT2D eigenvalue weighted by Gasteiger charge is 2.07. The largest absolute Gasteiger partial charge is 0.398 e. The number of fused-ring (bicyclic) bond motifs is 5. The van der Waals surface area contributed by atoms with Crippen LogP contribution in [0.25, 0.3) is 32.4 Å². The fourth-order valence-corrected chi connectivity index (χ4v) is 2.74. The van der Waals surface area contributed by atoms with Crippen LogP contribution < -0.4 is 5.73 Å². The molecule has 3 aromatic carbocycles. The minimum Gasteiger partial charge on any atom is -0.398 e. The number of nitrogens with two attached hydrogens (primary N) is 1. The second-order valence-electron chi connectivity index (χ2n) is 4.75. The van der Waals surface area contributed by atoms with Gasteiger partial charge in [-0.25, -0.2) is 0 Å². The molecule has 90 valence electrons. The first-order chi connectivity index (χ1) is 9.34. The van der Waals surface area contributed by atoms with Crippen molar-refractivity contribution in [1.82, 2.24) is 4.98 Å². The van der Waals surface area contributed by atoms with Crippen LogP contribution in [0.2, 0.25) is 0 Å². The van der Waals surface area contributed by atoms with E-state index in [0.717, 1.165) is 32.7 Å². The van der Waals surface area contributed by atoms with Gasteiger partial charge in [-0.3, -0.25) is 4.98 Å². The van der Waals surface area contributed by atoms with Crippen molar-refractivity contribution in [1.29, 1.82) is 0 Å². The summed E-state index contributed by atoms with van der Waals surface area (Å²) in [5.74, 6) is 0. The summed E-state index contributed by atoms with van der Waals surface area (Å²) < 4.78 is 0. The highest BCUT2D eigenvalue weighted by Crippen LogP contribution is 2.33. The molecule has 0 fully saturated rings. The minimum atomic E-state index is 0.819. The number of anilines is 1. The van der Waals surface area contributed by atoms with Crippen molar-refractivity contribution in [3.8, 4) is 0 Å². The van der Waals surface area contributed by atoms with Gasteiger partial charge in [0.25, 0.3) is 0 Å². The molecular weight excluding hydrogens is 232 g/mol. The second kappa shape index (κ2) is 3.69. The van der Waals surface area contributed by atoms with Gasteiger partial charge in [-0.15, -0.1) is 0 Å². The standard InChI is InChI=1S/C17H12N2/c18-16-9-14-13-7-3-4-8-17(13)19-10-15(14)11-5-1-2-6-12(11)16/h1-10H,18H2. The van der Waals surface area contributed by atoms with Gasteiger partial charge in [-0.05, 0) is 22.9 Å². The summed E-state index contributed by atoms with van der Waals surface area (Å²) >= 11 is 0. The number of aromatic nitrogens is 1. The van der Waals surface area contributed by atoms with E-state index in [-0.39, 0.29) is 0 Å². The molecule has 0 bridgehead atoms. The summed E-state index contributed by atoms with van der Waals surface area (Å²) in [7, 11) is 0. The van der Waals surface area contributed by atoms with Crippen LogP contribution in [0.5, 0.6) is 0 Å². The molecule has 0 aliphatic carbocycles. The summed E-state index contributed by atoms with van der Waals surface area (Å²) in [4.78, 5) is 4.55. The number of para-hydroxylation sites is 1. The van der Waals surface area contributed by atoms with Gasteiger partial charge in [0.2, 0.25) is 0 Å². The van der Waals surface area contributed by atoms with Crippen LogP contribution in [0.15, 0.2) is 60.8 Å². The summed E-state index contributed by atoms with van der Waals surface area (Å²) in [5, 5.41) is 5.73. The Morgan fingerprint density at radius 3 is 2.21 bits per heavy atom. The van der Waals surface area contributed by atoms with Crippen molar-refractivity contribution in [2.24, 2.45) is 0 Å². The number of rotatable bonds is 0. The molecule has 0 aliphatic rings. The molecule has 4 aromatic rings. The van der Waals surface area contributed by atoms with Crippen molar-refractivity contribution in [2.45, 2.75) is 0 Å². The summed E-state index contributed by atoms with van der Waals surface area (Å²) in [6.45, 7) is 0. The van der Waals surface area contributed by atoms with E-state index in [1.165, 1.54) is 5.39 Å². The average Bonchev–Trinajstić information content (AvgIpc) is 2.47. The first kappa shape index (κ1) is 10.3. The number of benzene rings is 3. The van der Waals surface area contributed by atoms with Gasteiger partial charge in [-0.1, -0.05) is 42.5 Å². The van der Waals surface area contributed by atoms with Crippen LogP contribution in [-0.4, -0.2) is 4.98 Å². The Balaban J connectivity index is 2.34. The molecule has 2 heteroatoms. The molecule has 0 radical (unpaired) electrons. The zero-order chi connectivity index (χ0) is 12.8. The Kier molecular flexibility index (Phi) is 2.00. The Labute approximate surface area is 110 Å². The maximum atomic E-state index is 6.19. The maximum absolute atomic E-state index is 6.19. The summed E-state index contributed by atoms with van der Waals surface area (Å²) in [6, 6.07) is 18.4. The van der Waals surface area contributed by atoms with E-state index in [1.54, 1.807) is 0 Å². The van der Waals surface area contributed by atoms with Crippen LogP contribution in [-0.2, 0) is 0 Å². The average molecular weight is 244 g/mol. The van der Waals surface area contributed by atoms with Crippen molar-refractivity contribution < 1.29 is 0 Å². The van der Waals surface area contributed by atoms with Gasteiger partial charge in [-0.2, -0.15) is 0 Å². The maximum Gasteiger partial charge on any atom is 0.0708 e. The zero-order valence-electron chi connectivity index (χ0n) is 10.3. The Morgan fingerprint density at radius 1 is 0.684 bits per heavy atom. The lowest BCUT2D eigenvalue weighted by Crippen LogP contribution is -1.90. The molecule has 0 saturated heterocycles. The molecule has 0 amide bonds. The molecule has 1 heterocycles. The zero-order valence-corrected chi connectivity index (χ0v) is 10.3. The molecule has 2 nitrogen and oxygen atoms in total. The van der Waals surface area contributed by atoms with Crippen molar-refractivity contribution in [3.05, 3.63) is 60.8 Å². The van der Waals surface area contributed by atoms with Gasteiger partial charge in [0, 0.05) is 28.0 Å². The van der Waals surface area contributed by atoms with Crippen molar-refractivity contribution in [3.63, 3.8) is 0 Å². The number of nitrogens with zero attached hydrogens (tertiary/aromatic N) is 1. The molecule has 0 atom stereocenters. The van der Waals surface area contributed by atoms with E-state index < -0.39 is 0 Å². The van der Waals surface area contributed by atoms with Gasteiger partial charge in [0.15, 0.2) is 0 Å². The molecular formula is C17H12N2. The summed E-state index contributed by atoms with van der Waals surface area (Å²) in [6.07, 6.45) is 1.94. The van der Waals surface area contributed by atoms with Gasteiger partial charge >= 0.3 is 0 Å². The van der Waals surface area contributed by atoms with E-state index in [4.69, 9.17) is 5.73 Å². The Bertz CT molecular complexity index is 926. The Hall–Kier alpha value is -2.61. The van der Waals surface area contributed by atoms with E-state index in [0.29, 0.717) is 0 Å². The van der Waals surface area contributed by atoms with Crippen LogP contribution in [0.3, 0.4) is 0 Å². The quantitative estimate of drug-likeness (QED) is 0.373. The van der Waals surface area contributed by atoms with Crippen molar-refractivity contribution >= 4 is 38.1 Å². The van der Waals surface area contributed by atoms with E-state index in [2.05, 4.69) is 29.2 Å². The monoisotopic (exact) mass is 244 g/mol. The predicted octanol–water partition coefficient (Wildman–Crippen LogP) is 4.12. The minimum absolute atomic E-state index is 0.819. The van der Waals surface area contributed by atoms with Gasteiger partial charge in [0.05, 0.1) is 5.52 Å². The smallest absolute Gasteiger partial charge is 0.0708 e. The number of pyridine rings is 1. The van der Waals surface area contributed by atoms with Crippen LogP contribution in [0.1, 0.15) is 0 Å². The highest BCUT2D eigenvalue weighted by atomic mass is 14.7. The van der Waals surface area contributed by atoms with Crippen molar-refractivity contribution in [2.75, 3.05) is 5.73 Å². The molecule has 1 aromatic heterocycles. The molecule has 0 unspecified atom stereocenters. The predicted molar refractivity (Wildman–Crippen MR) is 81.2 cm³/mol. The van der Waals surface area contributed by atoms with Crippen LogP contribution >= 0.6 is 0 Å². The molecule has 4 rings (SSSR count). The van der Waals surface area contributed by atoms with Gasteiger partial charge in [0.1, 0.15) is 0 Å². The lowest BCUT2D eigenvalue weighted by molar-refractivity contribution is 1.45. The first-order valence-corrected chi connectivity index (χ1v) is 6.29.